The minimum Gasteiger partial charge on any atom is -0.341 e. The van der Waals surface area contributed by atoms with E-state index in [4.69, 9.17) is 0 Å². The predicted molar refractivity (Wildman–Crippen MR) is 108 cm³/mol. The van der Waals surface area contributed by atoms with Crippen LogP contribution in [0.25, 0.3) is 0 Å². The molecule has 8 heteroatoms. The van der Waals surface area contributed by atoms with Crippen LogP contribution in [0.4, 0.5) is 4.39 Å². The number of hydrogen-bond donors (Lipinski definition) is 1. The van der Waals surface area contributed by atoms with E-state index in [1.807, 2.05) is 17.3 Å². The second-order valence-corrected chi connectivity index (χ2v) is 7.12. The van der Waals surface area contributed by atoms with E-state index in [1.165, 1.54) is 12.1 Å². The van der Waals surface area contributed by atoms with Crippen LogP contribution in [0.15, 0.2) is 29.6 Å². The van der Waals surface area contributed by atoms with Crippen LogP contribution in [0.5, 0.6) is 0 Å². The van der Waals surface area contributed by atoms with Gasteiger partial charge in [0.1, 0.15) is 5.82 Å². The van der Waals surface area contributed by atoms with Crippen molar-refractivity contribution < 1.29 is 9.18 Å². The summed E-state index contributed by atoms with van der Waals surface area (Å²) in [4.78, 5) is 19.0. The van der Waals surface area contributed by atoms with Crippen molar-refractivity contribution >= 4 is 42.1 Å². The van der Waals surface area contributed by atoms with Crippen molar-refractivity contribution in [3.63, 3.8) is 0 Å². The number of thiazole rings is 1. The summed E-state index contributed by atoms with van der Waals surface area (Å²) in [6.07, 6.45) is 3.20. The molecule has 0 bridgehead atoms. The SMILES string of the molecule is CNC1CCCN(C(=O)Cc2csc(Cc3ccc(F)cc3)n2)C1.Cl.Cl. The van der Waals surface area contributed by atoms with Crippen LogP contribution in [0.1, 0.15) is 29.1 Å². The average molecular weight is 420 g/mol. The molecule has 26 heavy (non-hydrogen) atoms. The lowest BCUT2D eigenvalue weighted by Crippen LogP contribution is -2.47. The van der Waals surface area contributed by atoms with Gasteiger partial charge in [-0.2, -0.15) is 0 Å². The summed E-state index contributed by atoms with van der Waals surface area (Å²) in [6, 6.07) is 6.86. The second kappa shape index (κ2) is 10.8. The van der Waals surface area contributed by atoms with Gasteiger partial charge in [-0.3, -0.25) is 4.79 Å². The summed E-state index contributed by atoms with van der Waals surface area (Å²) < 4.78 is 12.9. The van der Waals surface area contributed by atoms with Crippen LogP contribution >= 0.6 is 36.2 Å². The van der Waals surface area contributed by atoms with Gasteiger partial charge >= 0.3 is 0 Å². The number of carbonyl (C=O) groups excluding carboxylic acids is 1. The Morgan fingerprint density at radius 3 is 2.77 bits per heavy atom. The Hall–Kier alpha value is -1.21. The zero-order valence-corrected chi connectivity index (χ0v) is 17.1. The third-order valence-corrected chi connectivity index (χ3v) is 5.28. The maximum Gasteiger partial charge on any atom is 0.228 e. The third kappa shape index (κ3) is 6.20. The highest BCUT2D eigenvalue weighted by molar-refractivity contribution is 7.09. The van der Waals surface area contributed by atoms with Crippen molar-refractivity contribution in [2.45, 2.75) is 31.7 Å². The number of halogens is 3. The van der Waals surface area contributed by atoms with Crippen molar-refractivity contribution in [2.75, 3.05) is 20.1 Å². The molecule has 0 saturated carbocycles. The molecule has 1 aliphatic heterocycles. The third-order valence-electron chi connectivity index (χ3n) is 4.38. The smallest absolute Gasteiger partial charge is 0.228 e. The fraction of sp³-hybridized carbons (Fsp3) is 0.444. The molecule has 144 valence electrons. The zero-order valence-electron chi connectivity index (χ0n) is 14.6. The number of nitrogens with one attached hydrogen (secondary N) is 1. The lowest BCUT2D eigenvalue weighted by molar-refractivity contribution is -0.131. The fourth-order valence-electron chi connectivity index (χ4n) is 2.99. The molecular formula is C18H24Cl2FN3OS. The molecule has 0 spiro atoms. The Morgan fingerprint density at radius 1 is 1.35 bits per heavy atom. The number of likely N-dealkylation sites (N-methyl/N-ethyl adjacent to an activating group) is 1. The van der Waals surface area contributed by atoms with Gasteiger partial charge in [-0.1, -0.05) is 12.1 Å². The fourth-order valence-corrected chi connectivity index (χ4v) is 3.82. The summed E-state index contributed by atoms with van der Waals surface area (Å²) in [7, 11) is 1.95. The second-order valence-electron chi connectivity index (χ2n) is 6.18. The molecule has 1 aliphatic rings. The molecule has 1 aromatic carbocycles. The van der Waals surface area contributed by atoms with E-state index in [1.54, 1.807) is 23.5 Å². The van der Waals surface area contributed by atoms with Gasteiger partial charge in [0.05, 0.1) is 17.1 Å². The Morgan fingerprint density at radius 2 is 2.08 bits per heavy atom. The maximum absolute atomic E-state index is 12.9. The Kier molecular flexibility index (Phi) is 9.50. The summed E-state index contributed by atoms with van der Waals surface area (Å²) in [5.41, 5.74) is 1.85. The molecule has 0 radical (unpaired) electrons. The number of rotatable bonds is 5. The van der Waals surface area contributed by atoms with Crippen molar-refractivity contribution in [3.8, 4) is 0 Å². The summed E-state index contributed by atoms with van der Waals surface area (Å²) >= 11 is 1.55. The Bertz CT molecular complexity index is 696. The molecule has 1 fully saturated rings. The number of nitrogens with zero attached hydrogens (tertiary/aromatic N) is 2. The van der Waals surface area contributed by atoms with Crippen LogP contribution in [-0.4, -0.2) is 42.0 Å². The normalized spacial score (nSPS) is 16.5. The number of likely N-dealkylation sites (tertiary alicyclic amines) is 1. The number of amides is 1. The standard InChI is InChI=1S/C18H22FN3OS.2ClH/c1-20-15-3-2-8-22(11-15)18(23)10-16-12-24-17(21-16)9-13-4-6-14(19)7-5-13;;/h4-7,12,15,20H,2-3,8-11H2,1H3;2*1H. The highest BCUT2D eigenvalue weighted by atomic mass is 35.5. The topological polar surface area (TPSA) is 45.2 Å². The molecule has 1 unspecified atom stereocenters. The molecule has 2 heterocycles. The lowest BCUT2D eigenvalue weighted by Gasteiger charge is -2.32. The first-order valence-electron chi connectivity index (χ1n) is 8.27. The number of piperidine rings is 1. The summed E-state index contributed by atoms with van der Waals surface area (Å²) in [5, 5.41) is 6.16. The van der Waals surface area contributed by atoms with E-state index in [9.17, 15) is 9.18 Å². The molecule has 4 nitrogen and oxygen atoms in total. The van der Waals surface area contributed by atoms with E-state index in [0.717, 1.165) is 42.2 Å². The first-order chi connectivity index (χ1) is 11.6. The highest BCUT2D eigenvalue weighted by Crippen LogP contribution is 2.17. The van der Waals surface area contributed by atoms with E-state index >= 15 is 0 Å². The minimum atomic E-state index is -0.231. The number of aromatic nitrogens is 1. The van der Waals surface area contributed by atoms with Crippen LogP contribution in [0.2, 0.25) is 0 Å². The van der Waals surface area contributed by atoms with E-state index in [0.29, 0.717) is 18.9 Å². The van der Waals surface area contributed by atoms with Crippen molar-refractivity contribution in [3.05, 3.63) is 51.7 Å². The van der Waals surface area contributed by atoms with Gasteiger partial charge in [0.2, 0.25) is 5.91 Å². The molecule has 1 aromatic heterocycles. The molecule has 1 N–H and O–H groups in total. The number of benzene rings is 1. The van der Waals surface area contributed by atoms with Crippen LogP contribution in [0.3, 0.4) is 0 Å². The van der Waals surface area contributed by atoms with Gasteiger partial charge in [0.25, 0.3) is 0 Å². The molecule has 1 saturated heterocycles. The molecular weight excluding hydrogens is 396 g/mol. The first kappa shape index (κ1) is 22.8. The number of hydrogen-bond acceptors (Lipinski definition) is 4. The first-order valence-corrected chi connectivity index (χ1v) is 9.15. The monoisotopic (exact) mass is 419 g/mol. The molecule has 0 aliphatic carbocycles. The van der Waals surface area contributed by atoms with E-state index in [2.05, 4.69) is 10.3 Å². The van der Waals surface area contributed by atoms with Crippen LogP contribution in [-0.2, 0) is 17.6 Å². The van der Waals surface area contributed by atoms with Gasteiger partial charge in [-0.25, -0.2) is 9.37 Å². The molecule has 3 rings (SSSR count). The van der Waals surface area contributed by atoms with Gasteiger partial charge < -0.3 is 10.2 Å². The zero-order chi connectivity index (χ0) is 16.9. The average Bonchev–Trinajstić information content (AvgIpc) is 3.04. The summed E-state index contributed by atoms with van der Waals surface area (Å²) in [5.74, 6) is -0.0841. The van der Waals surface area contributed by atoms with Gasteiger partial charge in [-0.15, -0.1) is 36.2 Å². The van der Waals surface area contributed by atoms with Gasteiger partial charge in [0, 0.05) is 30.9 Å². The molecule has 1 atom stereocenters. The minimum absolute atomic E-state index is 0. The largest absolute Gasteiger partial charge is 0.341 e. The van der Waals surface area contributed by atoms with Crippen LogP contribution < -0.4 is 5.32 Å². The van der Waals surface area contributed by atoms with Crippen molar-refractivity contribution in [1.82, 2.24) is 15.2 Å². The summed E-state index contributed by atoms with van der Waals surface area (Å²) in [6.45, 7) is 1.62. The quantitative estimate of drug-likeness (QED) is 0.806. The highest BCUT2D eigenvalue weighted by Gasteiger charge is 2.23. The van der Waals surface area contributed by atoms with Gasteiger partial charge in [0.15, 0.2) is 0 Å². The Labute approximate surface area is 170 Å². The lowest BCUT2D eigenvalue weighted by atomic mass is 10.1. The van der Waals surface area contributed by atoms with Crippen molar-refractivity contribution in [2.24, 2.45) is 0 Å². The van der Waals surface area contributed by atoms with E-state index < -0.39 is 0 Å². The van der Waals surface area contributed by atoms with Crippen molar-refractivity contribution in [1.29, 1.82) is 0 Å². The van der Waals surface area contributed by atoms with E-state index in [-0.39, 0.29) is 36.5 Å². The maximum atomic E-state index is 12.9. The van der Waals surface area contributed by atoms with Gasteiger partial charge in [-0.05, 0) is 37.6 Å². The number of carbonyl (C=O) groups is 1. The Balaban J connectivity index is 0.00000169. The molecule has 2 aromatic rings. The predicted octanol–water partition coefficient (Wildman–Crippen LogP) is 3.47. The van der Waals surface area contributed by atoms with Crippen LogP contribution in [0, 0.1) is 5.82 Å². The molecule has 1 amide bonds.